The number of nitrogens with one attached hydrogen (secondary N) is 1. The van der Waals surface area contributed by atoms with Crippen molar-refractivity contribution in [2.75, 3.05) is 13.1 Å². The Morgan fingerprint density at radius 1 is 1.40 bits per heavy atom. The topological polar surface area (TPSA) is 46.0 Å². The highest BCUT2D eigenvalue weighted by molar-refractivity contribution is 5.09. The van der Waals surface area contributed by atoms with E-state index in [0.29, 0.717) is 0 Å². The minimum absolute atomic E-state index is 0.219. The van der Waals surface area contributed by atoms with E-state index in [-0.39, 0.29) is 11.1 Å². The number of nitrogens with zero attached hydrogens (tertiary/aromatic N) is 4. The second-order valence-electron chi connectivity index (χ2n) is 7.14. The summed E-state index contributed by atoms with van der Waals surface area (Å²) >= 11 is 0. The Bertz CT molecular complexity index is 480. The Morgan fingerprint density at radius 2 is 2.15 bits per heavy atom. The number of hydrogen-bond donors (Lipinski definition) is 1. The van der Waals surface area contributed by atoms with E-state index in [2.05, 4.69) is 41.3 Å². The van der Waals surface area contributed by atoms with Gasteiger partial charge >= 0.3 is 0 Å². The quantitative estimate of drug-likeness (QED) is 0.907. The summed E-state index contributed by atoms with van der Waals surface area (Å²) in [5.74, 6) is 0.841. The molecule has 2 heterocycles. The van der Waals surface area contributed by atoms with Crippen LogP contribution in [0.1, 0.15) is 45.7 Å². The molecule has 5 heteroatoms. The molecule has 1 N–H and O–H groups in total. The van der Waals surface area contributed by atoms with Crippen LogP contribution in [-0.4, -0.2) is 44.1 Å². The summed E-state index contributed by atoms with van der Waals surface area (Å²) in [6, 6.07) is 0. The number of aryl methyl sites for hydroxylation is 1. The van der Waals surface area contributed by atoms with Crippen LogP contribution in [0.25, 0.3) is 0 Å². The van der Waals surface area contributed by atoms with Gasteiger partial charge in [0.1, 0.15) is 0 Å². The Balaban J connectivity index is 1.81. The third-order valence-corrected chi connectivity index (χ3v) is 5.38. The zero-order chi connectivity index (χ0) is 14.4. The molecule has 0 spiro atoms. The van der Waals surface area contributed by atoms with E-state index in [9.17, 15) is 0 Å². The first-order chi connectivity index (χ1) is 9.45. The molecule has 2 fully saturated rings. The lowest BCUT2D eigenvalue weighted by atomic mass is 9.84. The normalized spacial score (nSPS) is 35.4. The molecular weight excluding hydrogens is 250 g/mol. The fourth-order valence-corrected chi connectivity index (χ4v) is 3.41. The van der Waals surface area contributed by atoms with Crippen molar-refractivity contribution in [2.45, 2.75) is 57.7 Å². The lowest BCUT2D eigenvalue weighted by molar-refractivity contribution is -0.00220. The van der Waals surface area contributed by atoms with Gasteiger partial charge in [-0.25, -0.2) is 0 Å². The van der Waals surface area contributed by atoms with Crippen LogP contribution in [0.3, 0.4) is 0 Å². The van der Waals surface area contributed by atoms with Gasteiger partial charge in [-0.05, 0) is 39.0 Å². The van der Waals surface area contributed by atoms with Crippen LogP contribution in [0.15, 0.2) is 6.20 Å². The van der Waals surface area contributed by atoms with Crippen molar-refractivity contribution >= 4 is 0 Å². The molecule has 1 aromatic rings. The fourth-order valence-electron chi connectivity index (χ4n) is 3.41. The average Bonchev–Trinajstić information content (AvgIpc) is 3.20. The predicted molar refractivity (Wildman–Crippen MR) is 79.2 cm³/mol. The molecule has 112 valence electrons. The first-order valence-electron chi connectivity index (χ1n) is 7.80. The van der Waals surface area contributed by atoms with E-state index in [1.54, 1.807) is 4.68 Å². The van der Waals surface area contributed by atoms with E-state index in [0.717, 1.165) is 37.7 Å². The van der Waals surface area contributed by atoms with Gasteiger partial charge in [0.05, 0.1) is 5.69 Å². The van der Waals surface area contributed by atoms with Gasteiger partial charge in [-0.1, -0.05) is 12.1 Å². The second-order valence-corrected chi connectivity index (χ2v) is 7.14. The molecule has 1 aromatic heterocycles. The lowest BCUT2D eigenvalue weighted by Crippen LogP contribution is -2.68. The average molecular weight is 277 g/mol. The van der Waals surface area contributed by atoms with Crippen LogP contribution >= 0.6 is 0 Å². The smallest absolute Gasteiger partial charge is 0.0967 e. The van der Waals surface area contributed by atoms with Gasteiger partial charge in [-0.15, -0.1) is 5.10 Å². The van der Waals surface area contributed by atoms with Crippen molar-refractivity contribution in [1.29, 1.82) is 0 Å². The molecule has 5 nitrogen and oxygen atoms in total. The van der Waals surface area contributed by atoms with Crippen LogP contribution in [0.2, 0.25) is 0 Å². The van der Waals surface area contributed by atoms with E-state index < -0.39 is 0 Å². The molecule has 1 saturated carbocycles. The first-order valence-corrected chi connectivity index (χ1v) is 7.80. The molecule has 0 amide bonds. The van der Waals surface area contributed by atoms with E-state index in [1.807, 2.05) is 13.2 Å². The van der Waals surface area contributed by atoms with Gasteiger partial charge < -0.3 is 5.32 Å². The number of hydrogen-bond acceptors (Lipinski definition) is 4. The molecule has 3 rings (SSSR count). The summed E-state index contributed by atoms with van der Waals surface area (Å²) in [6.07, 6.45) is 5.94. The molecule has 1 aliphatic carbocycles. The summed E-state index contributed by atoms with van der Waals surface area (Å²) in [4.78, 5) is 2.65. The van der Waals surface area contributed by atoms with Crippen molar-refractivity contribution in [3.63, 3.8) is 0 Å². The maximum absolute atomic E-state index is 4.28. The third kappa shape index (κ3) is 2.49. The van der Waals surface area contributed by atoms with Gasteiger partial charge in [-0.3, -0.25) is 9.58 Å². The summed E-state index contributed by atoms with van der Waals surface area (Å²) in [5.41, 5.74) is 1.57. The first kappa shape index (κ1) is 14.0. The summed E-state index contributed by atoms with van der Waals surface area (Å²) in [5, 5.41) is 12.1. The molecule has 1 saturated heterocycles. The molecule has 2 unspecified atom stereocenters. The van der Waals surface area contributed by atoms with Crippen molar-refractivity contribution in [3.05, 3.63) is 11.9 Å². The molecule has 0 bridgehead atoms. The van der Waals surface area contributed by atoms with Crippen molar-refractivity contribution in [1.82, 2.24) is 25.2 Å². The zero-order valence-corrected chi connectivity index (χ0v) is 13.2. The van der Waals surface area contributed by atoms with Crippen LogP contribution in [0, 0.1) is 5.92 Å². The lowest BCUT2D eigenvalue weighted by Gasteiger charge is -2.52. The van der Waals surface area contributed by atoms with Gasteiger partial charge in [-0.2, -0.15) is 0 Å². The SMILES string of the molecule is CCC1(C)CN(Cc2cn(C)nn2)C(C)(C2CC2)CN1. The standard InChI is InChI=1S/C15H27N5/c1-5-14(2)11-20(9-13-8-19(4)18-17-13)15(3,10-16-14)12-6-7-12/h8,12,16H,5-7,9-11H2,1-4H3. The summed E-state index contributed by atoms with van der Waals surface area (Å²) in [7, 11) is 1.94. The van der Waals surface area contributed by atoms with E-state index in [4.69, 9.17) is 0 Å². The van der Waals surface area contributed by atoms with E-state index >= 15 is 0 Å². The van der Waals surface area contributed by atoms with Gasteiger partial charge in [0.2, 0.25) is 0 Å². The Hall–Kier alpha value is -0.940. The Kier molecular flexibility index (Phi) is 3.37. The van der Waals surface area contributed by atoms with Crippen LogP contribution < -0.4 is 5.32 Å². The van der Waals surface area contributed by atoms with Crippen LogP contribution in [0.4, 0.5) is 0 Å². The maximum Gasteiger partial charge on any atom is 0.0967 e. The molecular formula is C15H27N5. The van der Waals surface area contributed by atoms with Crippen LogP contribution in [0.5, 0.6) is 0 Å². The van der Waals surface area contributed by atoms with Crippen molar-refractivity contribution < 1.29 is 0 Å². The van der Waals surface area contributed by atoms with Gasteiger partial charge in [0.25, 0.3) is 0 Å². The predicted octanol–water partition coefficient (Wildman–Crippen LogP) is 1.56. The molecule has 1 aliphatic heterocycles. The highest BCUT2D eigenvalue weighted by atomic mass is 15.4. The second kappa shape index (κ2) is 4.81. The minimum Gasteiger partial charge on any atom is -0.308 e. The molecule has 20 heavy (non-hydrogen) atoms. The van der Waals surface area contributed by atoms with Crippen LogP contribution in [-0.2, 0) is 13.6 Å². The zero-order valence-electron chi connectivity index (χ0n) is 13.2. The molecule has 0 aromatic carbocycles. The fraction of sp³-hybridized carbons (Fsp3) is 0.867. The number of aromatic nitrogens is 3. The highest BCUT2D eigenvalue weighted by Crippen LogP contribution is 2.45. The van der Waals surface area contributed by atoms with E-state index in [1.165, 1.54) is 12.8 Å². The third-order valence-electron chi connectivity index (χ3n) is 5.38. The molecule has 2 aliphatic rings. The summed E-state index contributed by atoms with van der Waals surface area (Å²) in [6.45, 7) is 10.1. The Morgan fingerprint density at radius 3 is 2.70 bits per heavy atom. The Labute approximate surface area is 121 Å². The van der Waals surface area contributed by atoms with Crippen molar-refractivity contribution in [3.8, 4) is 0 Å². The minimum atomic E-state index is 0.219. The maximum atomic E-state index is 4.28. The monoisotopic (exact) mass is 277 g/mol. The highest BCUT2D eigenvalue weighted by Gasteiger charge is 2.50. The molecule has 0 radical (unpaired) electrons. The van der Waals surface area contributed by atoms with Gasteiger partial charge in [0.15, 0.2) is 0 Å². The summed E-state index contributed by atoms with van der Waals surface area (Å²) < 4.78 is 1.80. The largest absolute Gasteiger partial charge is 0.308 e. The number of rotatable bonds is 4. The molecule has 2 atom stereocenters. The van der Waals surface area contributed by atoms with Gasteiger partial charge in [0, 0.05) is 44.0 Å². The number of piperazine rings is 1. The van der Waals surface area contributed by atoms with Crippen molar-refractivity contribution in [2.24, 2.45) is 13.0 Å².